The largest absolute Gasteiger partial charge is 0.215 e. The van der Waals surface area contributed by atoms with Crippen LogP contribution in [0.2, 0.25) is 4.34 Å². The molecule has 0 aliphatic heterocycles. The van der Waals surface area contributed by atoms with Crippen molar-refractivity contribution in [3.8, 4) is 0 Å². The second kappa shape index (κ2) is 6.95. The van der Waals surface area contributed by atoms with Gasteiger partial charge < -0.3 is 0 Å². The molecule has 1 aromatic heterocycles. The van der Waals surface area contributed by atoms with Crippen LogP contribution in [0.25, 0.3) is 0 Å². The van der Waals surface area contributed by atoms with Gasteiger partial charge in [-0.05, 0) is 24.5 Å². The minimum atomic E-state index is -3.22. The SMILES string of the molecule is CC(CCl)CS(=O)(=O)NCCc1ccc(Cl)s1. The van der Waals surface area contributed by atoms with Crippen molar-refractivity contribution in [2.75, 3.05) is 18.2 Å². The van der Waals surface area contributed by atoms with Gasteiger partial charge in [0.2, 0.25) is 10.0 Å². The van der Waals surface area contributed by atoms with E-state index in [0.717, 1.165) is 9.21 Å². The van der Waals surface area contributed by atoms with Crippen LogP contribution in [0.5, 0.6) is 0 Å². The molecule has 0 spiro atoms. The second-order valence-corrected chi connectivity index (χ2v) is 7.85. The summed E-state index contributed by atoms with van der Waals surface area (Å²) in [5.74, 6) is 0.383. The molecule has 0 amide bonds. The first kappa shape index (κ1) is 15.2. The smallest absolute Gasteiger partial charge is 0.211 e. The lowest BCUT2D eigenvalue weighted by molar-refractivity contribution is 0.569. The predicted octanol–water partition coefficient (Wildman–Crippen LogP) is 2.74. The zero-order chi connectivity index (χ0) is 12.9. The lowest BCUT2D eigenvalue weighted by atomic mass is 10.3. The van der Waals surface area contributed by atoms with Gasteiger partial charge >= 0.3 is 0 Å². The highest BCUT2D eigenvalue weighted by atomic mass is 35.5. The van der Waals surface area contributed by atoms with Crippen LogP contribution in [0.1, 0.15) is 11.8 Å². The average Bonchev–Trinajstić information content (AvgIpc) is 2.63. The summed E-state index contributed by atoms with van der Waals surface area (Å²) >= 11 is 12.8. The minimum absolute atomic E-state index is 0.0367. The Balaban J connectivity index is 2.35. The molecule has 0 saturated carbocycles. The molecule has 17 heavy (non-hydrogen) atoms. The van der Waals surface area contributed by atoms with Crippen LogP contribution in [0.4, 0.5) is 0 Å². The van der Waals surface area contributed by atoms with Crippen molar-refractivity contribution in [3.05, 3.63) is 21.3 Å². The van der Waals surface area contributed by atoms with Crippen molar-refractivity contribution in [2.24, 2.45) is 5.92 Å². The van der Waals surface area contributed by atoms with Crippen molar-refractivity contribution in [3.63, 3.8) is 0 Å². The van der Waals surface area contributed by atoms with Crippen LogP contribution in [0, 0.1) is 5.92 Å². The molecule has 0 aromatic carbocycles. The van der Waals surface area contributed by atoms with E-state index in [1.165, 1.54) is 11.3 Å². The molecule has 0 fully saturated rings. The third-order valence-corrected chi connectivity index (χ3v) is 5.56. The molecular weight excluding hydrogens is 301 g/mol. The number of hydrogen-bond acceptors (Lipinski definition) is 3. The van der Waals surface area contributed by atoms with Crippen LogP contribution in [0.3, 0.4) is 0 Å². The molecule has 0 aliphatic carbocycles. The Hall–Kier alpha value is 0.190. The van der Waals surface area contributed by atoms with Crippen molar-refractivity contribution in [1.82, 2.24) is 4.72 Å². The van der Waals surface area contributed by atoms with Gasteiger partial charge in [-0.1, -0.05) is 18.5 Å². The highest BCUT2D eigenvalue weighted by Gasteiger charge is 2.14. The Bertz CT molecular complexity index is 445. The molecule has 0 bridgehead atoms. The zero-order valence-corrected chi connectivity index (χ0v) is 12.6. The summed E-state index contributed by atoms with van der Waals surface area (Å²) in [4.78, 5) is 1.07. The number of thiophene rings is 1. The van der Waals surface area contributed by atoms with Gasteiger partial charge in [0.15, 0.2) is 0 Å². The zero-order valence-electron chi connectivity index (χ0n) is 9.45. The van der Waals surface area contributed by atoms with E-state index in [2.05, 4.69) is 4.72 Å². The van der Waals surface area contributed by atoms with E-state index in [0.29, 0.717) is 18.8 Å². The number of hydrogen-bond donors (Lipinski definition) is 1. The molecule has 1 atom stereocenters. The van der Waals surface area contributed by atoms with E-state index < -0.39 is 10.0 Å². The van der Waals surface area contributed by atoms with Gasteiger partial charge in [-0.3, -0.25) is 0 Å². The molecule has 1 N–H and O–H groups in total. The number of nitrogens with one attached hydrogen (secondary N) is 1. The standard InChI is InChI=1S/C10H15Cl2NO2S2/c1-8(6-11)7-17(14,15)13-5-4-9-2-3-10(12)16-9/h2-3,8,13H,4-7H2,1H3. The lowest BCUT2D eigenvalue weighted by Crippen LogP contribution is -2.31. The summed E-state index contributed by atoms with van der Waals surface area (Å²) in [5, 5.41) is 0. The van der Waals surface area contributed by atoms with Crippen LogP contribution in [-0.2, 0) is 16.4 Å². The van der Waals surface area contributed by atoms with Crippen molar-refractivity contribution in [1.29, 1.82) is 0 Å². The molecule has 1 rings (SSSR count). The predicted molar refractivity (Wildman–Crippen MR) is 74.7 cm³/mol. The molecule has 3 nitrogen and oxygen atoms in total. The van der Waals surface area contributed by atoms with E-state index in [9.17, 15) is 8.42 Å². The number of sulfonamides is 1. The van der Waals surface area contributed by atoms with Crippen molar-refractivity contribution in [2.45, 2.75) is 13.3 Å². The van der Waals surface area contributed by atoms with Gasteiger partial charge in [0.05, 0.1) is 10.1 Å². The van der Waals surface area contributed by atoms with E-state index in [1.54, 1.807) is 0 Å². The molecule has 0 aliphatic rings. The van der Waals surface area contributed by atoms with E-state index >= 15 is 0 Å². The second-order valence-electron chi connectivity index (χ2n) is 3.89. The monoisotopic (exact) mass is 315 g/mol. The summed E-state index contributed by atoms with van der Waals surface area (Å²) in [6.07, 6.45) is 0.659. The lowest BCUT2D eigenvalue weighted by Gasteiger charge is -2.09. The minimum Gasteiger partial charge on any atom is -0.215 e. The maximum atomic E-state index is 11.6. The molecule has 0 saturated heterocycles. The topological polar surface area (TPSA) is 46.2 Å². The van der Waals surface area contributed by atoms with Gasteiger partial charge in [-0.2, -0.15) is 0 Å². The summed E-state index contributed by atoms with van der Waals surface area (Å²) in [6, 6.07) is 3.72. The fraction of sp³-hybridized carbons (Fsp3) is 0.600. The normalized spacial score (nSPS) is 13.8. The Kier molecular flexibility index (Phi) is 6.23. The van der Waals surface area contributed by atoms with Gasteiger partial charge in [-0.25, -0.2) is 13.1 Å². The number of alkyl halides is 1. The summed E-state index contributed by atoms with van der Waals surface area (Å²) in [7, 11) is -3.22. The molecule has 1 unspecified atom stereocenters. The van der Waals surface area contributed by atoms with Crippen LogP contribution < -0.4 is 4.72 Å². The van der Waals surface area contributed by atoms with Gasteiger partial charge in [0, 0.05) is 17.3 Å². The average molecular weight is 316 g/mol. The maximum absolute atomic E-state index is 11.6. The first-order chi connectivity index (χ1) is 7.93. The fourth-order valence-electron chi connectivity index (χ4n) is 1.29. The summed E-state index contributed by atoms with van der Waals surface area (Å²) in [5.41, 5.74) is 0. The highest BCUT2D eigenvalue weighted by molar-refractivity contribution is 7.89. The third-order valence-electron chi connectivity index (χ3n) is 2.09. The maximum Gasteiger partial charge on any atom is 0.211 e. The summed E-state index contributed by atoms with van der Waals surface area (Å²) < 4.78 is 26.5. The third kappa shape index (κ3) is 6.06. The number of rotatable bonds is 7. The quantitative estimate of drug-likeness (QED) is 0.786. The molecule has 1 heterocycles. The Morgan fingerprint density at radius 2 is 2.18 bits per heavy atom. The van der Waals surface area contributed by atoms with Gasteiger partial charge in [0.25, 0.3) is 0 Å². The molecule has 0 radical (unpaired) electrons. The van der Waals surface area contributed by atoms with E-state index in [-0.39, 0.29) is 11.7 Å². The van der Waals surface area contributed by atoms with E-state index in [4.69, 9.17) is 23.2 Å². The van der Waals surface area contributed by atoms with Crippen LogP contribution in [-0.4, -0.2) is 26.6 Å². The first-order valence-electron chi connectivity index (χ1n) is 5.20. The Morgan fingerprint density at radius 1 is 1.47 bits per heavy atom. The van der Waals surface area contributed by atoms with Crippen molar-refractivity contribution < 1.29 is 8.42 Å². The highest BCUT2D eigenvalue weighted by Crippen LogP contribution is 2.21. The van der Waals surface area contributed by atoms with E-state index in [1.807, 2.05) is 19.1 Å². The number of halogens is 2. The van der Waals surface area contributed by atoms with Crippen LogP contribution >= 0.6 is 34.5 Å². The van der Waals surface area contributed by atoms with Crippen LogP contribution in [0.15, 0.2) is 12.1 Å². The first-order valence-corrected chi connectivity index (χ1v) is 8.58. The molecule has 7 heteroatoms. The molecule has 98 valence electrons. The summed E-state index contributed by atoms with van der Waals surface area (Å²) in [6.45, 7) is 2.21. The molecular formula is C10H15Cl2NO2S2. The Labute approximate surface area is 116 Å². The van der Waals surface area contributed by atoms with Gasteiger partial charge in [0.1, 0.15) is 0 Å². The fourth-order valence-corrected chi connectivity index (χ4v) is 4.02. The van der Waals surface area contributed by atoms with Crippen molar-refractivity contribution >= 4 is 44.6 Å². The van der Waals surface area contributed by atoms with Gasteiger partial charge in [-0.15, -0.1) is 22.9 Å². The Morgan fingerprint density at radius 3 is 2.71 bits per heavy atom. The molecule has 1 aromatic rings.